The number of amides is 3. The number of benzene rings is 2. The van der Waals surface area contributed by atoms with E-state index >= 15 is 0 Å². The second-order valence-electron chi connectivity index (χ2n) is 8.08. The van der Waals surface area contributed by atoms with Crippen LogP contribution in [-0.2, 0) is 14.6 Å². The number of thiophene rings is 1. The Balaban J connectivity index is 1.36. The summed E-state index contributed by atoms with van der Waals surface area (Å²) in [7, 11) is -3.72. The molecule has 9 heteroatoms. The number of nitrogens with one attached hydrogen (secondary N) is 1. The highest BCUT2D eigenvalue weighted by Crippen LogP contribution is 2.31. The van der Waals surface area contributed by atoms with Crippen LogP contribution in [0.25, 0.3) is 0 Å². The molecule has 0 saturated heterocycles. The van der Waals surface area contributed by atoms with Crippen LogP contribution in [0.3, 0.4) is 0 Å². The number of sulfone groups is 1. The first-order chi connectivity index (χ1) is 16.3. The van der Waals surface area contributed by atoms with Crippen LogP contribution >= 0.6 is 11.3 Å². The number of hydrogen-bond donors (Lipinski definition) is 1. The zero-order valence-corrected chi connectivity index (χ0v) is 20.2. The van der Waals surface area contributed by atoms with Crippen LogP contribution in [0.1, 0.15) is 49.2 Å². The Morgan fingerprint density at radius 3 is 2.21 bits per heavy atom. The quantitative estimate of drug-likeness (QED) is 0.455. The third kappa shape index (κ3) is 4.80. The lowest BCUT2D eigenvalue weighted by molar-refractivity contribution is -0.121. The number of imide groups is 1. The maximum absolute atomic E-state index is 13.3. The fraction of sp³-hybridized carbons (Fsp3) is 0.240. The van der Waals surface area contributed by atoms with Crippen LogP contribution in [0, 0.1) is 6.92 Å². The van der Waals surface area contributed by atoms with E-state index < -0.39 is 15.1 Å². The molecule has 0 aliphatic carbocycles. The summed E-state index contributed by atoms with van der Waals surface area (Å²) in [5.41, 5.74) is 1.70. The maximum atomic E-state index is 13.3. The monoisotopic (exact) mass is 496 g/mol. The Morgan fingerprint density at radius 1 is 0.971 bits per heavy atom. The van der Waals surface area contributed by atoms with Gasteiger partial charge in [-0.25, -0.2) is 8.42 Å². The summed E-state index contributed by atoms with van der Waals surface area (Å²) >= 11 is 1.32. The SMILES string of the molecule is Cc1ccc(S(=O)(=O)C(CNC(=O)CCCN2C(=O)c3ccccc3C2=O)c2cccs2)cc1. The van der Waals surface area contributed by atoms with E-state index in [0.29, 0.717) is 16.0 Å². The van der Waals surface area contributed by atoms with E-state index in [9.17, 15) is 22.8 Å². The summed E-state index contributed by atoms with van der Waals surface area (Å²) in [4.78, 5) is 39.4. The van der Waals surface area contributed by atoms with E-state index in [-0.39, 0.29) is 48.5 Å². The van der Waals surface area contributed by atoms with Gasteiger partial charge in [0.25, 0.3) is 11.8 Å². The van der Waals surface area contributed by atoms with Crippen LogP contribution < -0.4 is 5.32 Å². The van der Waals surface area contributed by atoms with E-state index in [2.05, 4.69) is 5.32 Å². The molecule has 1 unspecified atom stereocenters. The minimum absolute atomic E-state index is 0.0646. The molecule has 34 heavy (non-hydrogen) atoms. The molecule has 1 atom stereocenters. The first kappa shape index (κ1) is 23.8. The summed E-state index contributed by atoms with van der Waals surface area (Å²) < 4.78 is 26.6. The molecule has 4 rings (SSSR count). The highest BCUT2D eigenvalue weighted by atomic mass is 32.2. The van der Waals surface area contributed by atoms with Gasteiger partial charge in [0, 0.05) is 24.4 Å². The summed E-state index contributed by atoms with van der Waals surface area (Å²) in [6.45, 7) is 1.94. The normalized spacial score (nSPS) is 14.2. The van der Waals surface area contributed by atoms with Gasteiger partial charge in [0.15, 0.2) is 9.84 Å². The Morgan fingerprint density at radius 2 is 1.62 bits per heavy atom. The molecule has 2 heterocycles. The molecule has 3 amide bonds. The minimum atomic E-state index is -3.72. The molecule has 1 N–H and O–H groups in total. The van der Waals surface area contributed by atoms with Crippen LogP contribution in [-0.4, -0.2) is 44.1 Å². The van der Waals surface area contributed by atoms with Gasteiger partial charge in [0.1, 0.15) is 5.25 Å². The molecule has 3 aromatic rings. The smallest absolute Gasteiger partial charge is 0.261 e. The van der Waals surface area contributed by atoms with Crippen molar-refractivity contribution >= 4 is 38.9 Å². The largest absolute Gasteiger partial charge is 0.354 e. The molecule has 1 aliphatic rings. The molecule has 0 fully saturated rings. The third-order valence-corrected chi connectivity index (χ3v) is 8.97. The maximum Gasteiger partial charge on any atom is 0.261 e. The fourth-order valence-electron chi connectivity index (χ4n) is 3.86. The zero-order chi connectivity index (χ0) is 24.3. The lowest BCUT2D eigenvalue weighted by atomic mass is 10.1. The predicted octanol–water partition coefficient (Wildman–Crippen LogP) is 3.76. The molecule has 1 aliphatic heterocycles. The molecule has 7 nitrogen and oxygen atoms in total. The van der Waals surface area contributed by atoms with Crippen LogP contribution in [0.15, 0.2) is 70.9 Å². The van der Waals surface area contributed by atoms with Crippen LogP contribution in [0.4, 0.5) is 0 Å². The van der Waals surface area contributed by atoms with Gasteiger partial charge in [-0.3, -0.25) is 19.3 Å². The number of hydrogen-bond acceptors (Lipinski definition) is 6. The molecular formula is C25H24N2O5S2. The zero-order valence-electron chi connectivity index (χ0n) is 18.6. The Hall–Kier alpha value is -3.30. The Labute approximate surface area is 202 Å². The van der Waals surface area contributed by atoms with E-state index in [1.54, 1.807) is 66.0 Å². The van der Waals surface area contributed by atoms with Crippen molar-refractivity contribution in [2.45, 2.75) is 29.9 Å². The van der Waals surface area contributed by atoms with E-state index in [1.165, 1.54) is 11.3 Å². The fourth-order valence-corrected chi connectivity index (χ4v) is 6.65. The average Bonchev–Trinajstić information content (AvgIpc) is 3.43. The molecule has 0 radical (unpaired) electrons. The third-order valence-electron chi connectivity index (χ3n) is 5.73. The van der Waals surface area contributed by atoms with Crippen molar-refractivity contribution in [2.24, 2.45) is 0 Å². The molecular weight excluding hydrogens is 472 g/mol. The van der Waals surface area contributed by atoms with Crippen molar-refractivity contribution in [1.29, 1.82) is 0 Å². The topological polar surface area (TPSA) is 101 Å². The average molecular weight is 497 g/mol. The first-order valence-corrected chi connectivity index (χ1v) is 13.3. The number of rotatable bonds is 9. The standard InChI is InChI=1S/C25H24N2O5S2/c1-17-10-12-18(13-11-17)34(31,32)22(21-8-5-15-33-21)16-26-23(28)9-4-14-27-24(29)19-6-2-3-7-20(19)25(27)30/h2-3,5-8,10-13,15,22H,4,9,14,16H2,1H3,(H,26,28). The number of nitrogens with zero attached hydrogens (tertiary/aromatic N) is 1. The summed E-state index contributed by atoms with van der Waals surface area (Å²) in [5.74, 6) is -1.05. The minimum Gasteiger partial charge on any atom is -0.354 e. The van der Waals surface area contributed by atoms with Gasteiger partial charge in [-0.2, -0.15) is 0 Å². The van der Waals surface area contributed by atoms with E-state index in [4.69, 9.17) is 0 Å². The van der Waals surface area contributed by atoms with Crippen molar-refractivity contribution < 1.29 is 22.8 Å². The predicted molar refractivity (Wildman–Crippen MR) is 129 cm³/mol. The molecule has 0 saturated carbocycles. The van der Waals surface area contributed by atoms with Gasteiger partial charge < -0.3 is 5.32 Å². The van der Waals surface area contributed by atoms with Gasteiger partial charge in [0.2, 0.25) is 5.91 Å². The van der Waals surface area contributed by atoms with Gasteiger partial charge >= 0.3 is 0 Å². The molecule has 1 aromatic heterocycles. The van der Waals surface area contributed by atoms with Gasteiger partial charge in [0.05, 0.1) is 16.0 Å². The molecule has 176 valence electrons. The summed E-state index contributed by atoms with van der Waals surface area (Å²) in [6.07, 6.45) is 0.348. The second kappa shape index (κ2) is 9.90. The van der Waals surface area contributed by atoms with Crippen molar-refractivity contribution in [2.75, 3.05) is 13.1 Å². The number of carbonyl (C=O) groups excluding carboxylic acids is 3. The van der Waals surface area contributed by atoms with Crippen LogP contribution in [0.2, 0.25) is 0 Å². The molecule has 0 bridgehead atoms. The summed E-state index contributed by atoms with van der Waals surface area (Å²) in [6, 6.07) is 16.8. The van der Waals surface area contributed by atoms with Crippen molar-refractivity contribution in [1.82, 2.24) is 10.2 Å². The van der Waals surface area contributed by atoms with Crippen molar-refractivity contribution in [3.8, 4) is 0 Å². The van der Waals surface area contributed by atoms with Gasteiger partial charge in [-0.1, -0.05) is 35.9 Å². The van der Waals surface area contributed by atoms with Crippen LogP contribution in [0.5, 0.6) is 0 Å². The Kier molecular flexibility index (Phi) is 6.95. The summed E-state index contributed by atoms with van der Waals surface area (Å²) in [5, 5.41) is 3.62. The first-order valence-electron chi connectivity index (χ1n) is 10.8. The Bertz CT molecular complexity index is 1280. The lowest BCUT2D eigenvalue weighted by Crippen LogP contribution is -2.34. The molecule has 2 aromatic carbocycles. The molecule has 0 spiro atoms. The van der Waals surface area contributed by atoms with Gasteiger partial charge in [-0.05, 0) is 49.1 Å². The number of fused-ring (bicyclic) bond motifs is 1. The van der Waals surface area contributed by atoms with Gasteiger partial charge in [-0.15, -0.1) is 11.3 Å². The van der Waals surface area contributed by atoms with Crippen molar-refractivity contribution in [3.63, 3.8) is 0 Å². The second-order valence-corrected chi connectivity index (χ2v) is 11.2. The van der Waals surface area contributed by atoms with E-state index in [0.717, 1.165) is 10.5 Å². The highest BCUT2D eigenvalue weighted by molar-refractivity contribution is 7.91. The van der Waals surface area contributed by atoms with E-state index in [1.807, 2.05) is 6.92 Å². The number of aryl methyl sites for hydroxylation is 1. The van der Waals surface area contributed by atoms with Crippen molar-refractivity contribution in [3.05, 3.63) is 87.6 Å². The number of carbonyl (C=O) groups is 3. The highest BCUT2D eigenvalue weighted by Gasteiger charge is 2.35. The lowest BCUT2D eigenvalue weighted by Gasteiger charge is -2.18.